The smallest absolute Gasteiger partial charge is 0.259 e. The fourth-order valence-electron chi connectivity index (χ4n) is 3.83. The Labute approximate surface area is 158 Å². The van der Waals surface area contributed by atoms with E-state index in [0.717, 1.165) is 22.6 Å². The highest BCUT2D eigenvalue weighted by Crippen LogP contribution is 2.27. The third-order valence-corrected chi connectivity index (χ3v) is 5.40. The molecule has 0 spiro atoms. The zero-order chi connectivity index (χ0) is 18.5. The van der Waals surface area contributed by atoms with E-state index < -0.39 is 0 Å². The van der Waals surface area contributed by atoms with Gasteiger partial charge in [0.1, 0.15) is 5.69 Å². The van der Waals surface area contributed by atoms with Gasteiger partial charge in [0.05, 0.1) is 30.0 Å². The molecule has 4 nitrogen and oxygen atoms in total. The number of benzene rings is 2. The number of imidazole rings is 2. The topological polar surface area (TPSA) is 26.1 Å². The Bertz CT molecular complexity index is 1290. The first-order valence-corrected chi connectivity index (χ1v) is 9.16. The van der Waals surface area contributed by atoms with Gasteiger partial charge < -0.3 is 0 Å². The van der Waals surface area contributed by atoms with Crippen LogP contribution in [0.5, 0.6) is 0 Å². The summed E-state index contributed by atoms with van der Waals surface area (Å²) in [5.41, 5.74) is 6.99. The highest BCUT2D eigenvalue weighted by Gasteiger charge is 2.25. The number of hydrogen-bond acceptors (Lipinski definition) is 1. The Morgan fingerprint density at radius 3 is 2.37 bits per heavy atom. The zero-order valence-corrected chi connectivity index (χ0v) is 15.7. The molecule has 3 aromatic heterocycles. The second kappa shape index (κ2) is 5.81. The third kappa shape index (κ3) is 2.30. The molecule has 0 aliphatic carbocycles. The van der Waals surface area contributed by atoms with E-state index in [-0.39, 0.29) is 0 Å². The number of para-hydroxylation sites is 2. The second-order valence-corrected chi connectivity index (χ2v) is 6.99. The molecule has 0 aliphatic heterocycles. The molecule has 0 saturated carbocycles. The van der Waals surface area contributed by atoms with Gasteiger partial charge in [0.25, 0.3) is 5.82 Å². The van der Waals surface area contributed by atoms with E-state index in [1.807, 2.05) is 12.1 Å². The Balaban J connectivity index is 1.83. The standard InChI is InChI=1S/C23H21N4/c1-16-17(2)27(23-24-20-11-7-8-12-21(20)26(16)23)22-15-19(13-14-25(22)3)18-9-5-4-6-10-18/h4-15H,1-3H3/q+1. The minimum atomic E-state index is 0.951. The monoisotopic (exact) mass is 353 g/mol. The fraction of sp³-hybridized carbons (Fsp3) is 0.130. The van der Waals surface area contributed by atoms with Crippen LogP contribution in [0.3, 0.4) is 0 Å². The van der Waals surface area contributed by atoms with Gasteiger partial charge in [-0.15, -0.1) is 0 Å². The number of fused-ring (bicyclic) bond motifs is 3. The van der Waals surface area contributed by atoms with Crippen molar-refractivity contribution in [2.45, 2.75) is 13.8 Å². The van der Waals surface area contributed by atoms with Crippen LogP contribution in [0.1, 0.15) is 11.4 Å². The van der Waals surface area contributed by atoms with Crippen LogP contribution < -0.4 is 4.57 Å². The molecule has 2 aromatic carbocycles. The van der Waals surface area contributed by atoms with Crippen molar-refractivity contribution in [2.75, 3.05) is 0 Å². The minimum Gasteiger partial charge on any atom is -0.259 e. The van der Waals surface area contributed by atoms with Crippen LogP contribution in [0.25, 0.3) is 33.8 Å². The first-order chi connectivity index (χ1) is 13.1. The van der Waals surface area contributed by atoms with Crippen LogP contribution >= 0.6 is 0 Å². The third-order valence-electron chi connectivity index (χ3n) is 5.40. The van der Waals surface area contributed by atoms with Crippen molar-refractivity contribution >= 4 is 16.8 Å². The number of rotatable bonds is 2. The average Bonchev–Trinajstić information content (AvgIpc) is 3.18. The molecule has 0 N–H and O–H groups in total. The van der Waals surface area contributed by atoms with Gasteiger partial charge in [-0.05, 0) is 43.2 Å². The minimum absolute atomic E-state index is 0.951. The molecular weight excluding hydrogens is 332 g/mol. The molecule has 0 amide bonds. The molecule has 0 fully saturated rings. The van der Waals surface area contributed by atoms with Crippen LogP contribution in [0.15, 0.2) is 72.9 Å². The number of aromatic nitrogens is 4. The maximum absolute atomic E-state index is 4.93. The number of hydrogen-bond donors (Lipinski definition) is 0. The fourth-order valence-corrected chi connectivity index (χ4v) is 3.83. The summed E-state index contributed by atoms with van der Waals surface area (Å²) < 4.78 is 6.65. The molecule has 5 rings (SSSR count). The van der Waals surface area contributed by atoms with Crippen LogP contribution in [-0.4, -0.2) is 14.0 Å². The van der Waals surface area contributed by atoms with Crippen molar-refractivity contribution in [1.29, 1.82) is 0 Å². The Hall–Kier alpha value is -3.40. The predicted octanol–water partition coefficient (Wildman–Crippen LogP) is 4.39. The van der Waals surface area contributed by atoms with Gasteiger partial charge in [0.15, 0.2) is 0 Å². The molecule has 0 atom stereocenters. The van der Waals surface area contributed by atoms with Gasteiger partial charge in [-0.3, -0.25) is 4.40 Å². The van der Waals surface area contributed by atoms with E-state index in [0.29, 0.717) is 0 Å². The Morgan fingerprint density at radius 2 is 1.56 bits per heavy atom. The van der Waals surface area contributed by atoms with Gasteiger partial charge in [-0.1, -0.05) is 42.5 Å². The molecular formula is C23H21N4+. The molecule has 0 radical (unpaired) electrons. The van der Waals surface area contributed by atoms with E-state index in [9.17, 15) is 0 Å². The van der Waals surface area contributed by atoms with E-state index in [1.54, 1.807) is 0 Å². The van der Waals surface area contributed by atoms with Crippen molar-refractivity contribution in [1.82, 2.24) is 14.0 Å². The van der Waals surface area contributed by atoms with E-state index in [4.69, 9.17) is 4.98 Å². The van der Waals surface area contributed by atoms with Crippen LogP contribution in [0.2, 0.25) is 0 Å². The zero-order valence-electron chi connectivity index (χ0n) is 15.7. The largest absolute Gasteiger partial charge is 0.312 e. The summed E-state index contributed by atoms with van der Waals surface area (Å²) in [4.78, 5) is 4.93. The summed E-state index contributed by atoms with van der Waals surface area (Å²) in [6, 6.07) is 23.2. The molecule has 0 aliphatic rings. The van der Waals surface area contributed by atoms with Gasteiger partial charge in [-0.2, -0.15) is 9.55 Å². The van der Waals surface area contributed by atoms with Crippen molar-refractivity contribution in [3.63, 3.8) is 0 Å². The van der Waals surface area contributed by atoms with Crippen molar-refractivity contribution in [2.24, 2.45) is 7.05 Å². The van der Waals surface area contributed by atoms with E-state index >= 15 is 0 Å². The predicted molar refractivity (Wildman–Crippen MR) is 108 cm³/mol. The van der Waals surface area contributed by atoms with Crippen LogP contribution in [0, 0.1) is 13.8 Å². The van der Waals surface area contributed by atoms with Gasteiger partial charge in [0, 0.05) is 6.07 Å². The van der Waals surface area contributed by atoms with Gasteiger partial charge >= 0.3 is 5.78 Å². The number of nitrogens with zero attached hydrogens (tertiary/aromatic N) is 4. The summed E-state index contributed by atoms with van der Waals surface area (Å²) in [5, 5.41) is 0. The highest BCUT2D eigenvalue weighted by molar-refractivity contribution is 5.81. The number of pyridine rings is 1. The highest BCUT2D eigenvalue weighted by atomic mass is 15.3. The van der Waals surface area contributed by atoms with Gasteiger partial charge in [0.2, 0.25) is 0 Å². The lowest BCUT2D eigenvalue weighted by Crippen LogP contribution is -2.33. The maximum Gasteiger partial charge on any atom is 0.312 e. The average molecular weight is 353 g/mol. The van der Waals surface area contributed by atoms with Crippen LogP contribution in [0.4, 0.5) is 0 Å². The normalized spacial score (nSPS) is 11.5. The van der Waals surface area contributed by atoms with Crippen molar-refractivity contribution in [3.8, 4) is 16.9 Å². The van der Waals surface area contributed by atoms with E-state index in [1.165, 1.54) is 22.5 Å². The summed E-state index contributed by atoms with van der Waals surface area (Å²) in [6.07, 6.45) is 2.12. The lowest BCUT2D eigenvalue weighted by molar-refractivity contribution is -0.665. The van der Waals surface area contributed by atoms with Crippen molar-refractivity contribution < 1.29 is 4.57 Å². The number of aryl methyl sites for hydroxylation is 2. The quantitative estimate of drug-likeness (QED) is 0.432. The molecule has 3 heterocycles. The molecule has 27 heavy (non-hydrogen) atoms. The summed E-state index contributed by atoms with van der Waals surface area (Å²) in [7, 11) is 2.08. The first-order valence-electron chi connectivity index (χ1n) is 9.16. The Morgan fingerprint density at radius 1 is 0.815 bits per heavy atom. The Kier molecular flexibility index (Phi) is 3.41. The maximum atomic E-state index is 4.93. The molecule has 5 aromatic rings. The molecule has 4 heteroatoms. The lowest BCUT2D eigenvalue weighted by Gasteiger charge is -2.06. The second-order valence-electron chi connectivity index (χ2n) is 6.99. The first kappa shape index (κ1) is 15.8. The van der Waals surface area contributed by atoms with Crippen molar-refractivity contribution in [3.05, 3.63) is 84.3 Å². The van der Waals surface area contributed by atoms with Gasteiger partial charge in [-0.25, -0.2) is 4.57 Å². The molecule has 0 unspecified atom stereocenters. The molecule has 0 bridgehead atoms. The van der Waals surface area contributed by atoms with E-state index in [2.05, 4.69) is 95.2 Å². The molecule has 0 saturated heterocycles. The molecule has 132 valence electrons. The lowest BCUT2D eigenvalue weighted by atomic mass is 10.1. The summed E-state index contributed by atoms with van der Waals surface area (Å²) in [5.74, 6) is 2.05. The summed E-state index contributed by atoms with van der Waals surface area (Å²) in [6.45, 7) is 4.32. The SMILES string of the molecule is Cc1c(C)n2c3ccccc3nc2n1-c1cc(-c2ccccc2)cc[n+]1C. The van der Waals surface area contributed by atoms with Crippen LogP contribution in [-0.2, 0) is 7.05 Å². The summed E-state index contributed by atoms with van der Waals surface area (Å²) >= 11 is 0.